The zero-order valence-corrected chi connectivity index (χ0v) is 15.5. The Morgan fingerprint density at radius 3 is 2.56 bits per heavy atom. The number of carbonyl (C=O) groups excluding carboxylic acids is 2. The van der Waals surface area contributed by atoms with Crippen LogP contribution >= 0.6 is 0 Å². The summed E-state index contributed by atoms with van der Waals surface area (Å²) in [6.07, 6.45) is 0. The lowest BCUT2D eigenvalue weighted by Crippen LogP contribution is -2.15. The average molecular weight is 375 g/mol. The van der Waals surface area contributed by atoms with Crippen molar-refractivity contribution in [3.8, 4) is 0 Å². The molecular weight excluding hydrogens is 354 g/mol. The maximum Gasteiger partial charge on any atom is 0.340 e. The van der Waals surface area contributed by atoms with Gasteiger partial charge in [0.1, 0.15) is 12.3 Å². The van der Waals surface area contributed by atoms with Crippen LogP contribution in [0.5, 0.6) is 0 Å². The van der Waals surface area contributed by atoms with E-state index in [0.29, 0.717) is 16.8 Å². The molecule has 1 amide bonds. The van der Waals surface area contributed by atoms with Crippen molar-refractivity contribution in [3.63, 3.8) is 0 Å². The van der Waals surface area contributed by atoms with Crippen molar-refractivity contribution in [1.82, 2.24) is 4.98 Å². The number of anilines is 1. The SMILES string of the molecule is COCCOC(=O)c1c(C)[nH]c(C(=O)Nc2ccc(C)c([N+](=O)[O-])c2)c1C. The largest absolute Gasteiger partial charge is 0.460 e. The number of esters is 1. The van der Waals surface area contributed by atoms with Crippen molar-refractivity contribution >= 4 is 23.3 Å². The Balaban J connectivity index is 2.23. The summed E-state index contributed by atoms with van der Waals surface area (Å²) in [5, 5.41) is 13.6. The number of aromatic amines is 1. The summed E-state index contributed by atoms with van der Waals surface area (Å²) in [6, 6.07) is 4.42. The van der Waals surface area contributed by atoms with Crippen LogP contribution in [0.1, 0.15) is 37.7 Å². The van der Waals surface area contributed by atoms with Crippen LogP contribution in [0.4, 0.5) is 11.4 Å². The highest BCUT2D eigenvalue weighted by molar-refractivity contribution is 6.07. The zero-order valence-electron chi connectivity index (χ0n) is 15.5. The maximum absolute atomic E-state index is 12.6. The van der Waals surface area contributed by atoms with Gasteiger partial charge >= 0.3 is 5.97 Å². The summed E-state index contributed by atoms with van der Waals surface area (Å²) >= 11 is 0. The minimum absolute atomic E-state index is 0.0883. The van der Waals surface area contributed by atoms with E-state index in [1.807, 2.05) is 0 Å². The first-order valence-electron chi connectivity index (χ1n) is 8.17. The number of nitro groups is 1. The third-order valence-corrected chi connectivity index (χ3v) is 4.05. The lowest BCUT2D eigenvalue weighted by molar-refractivity contribution is -0.385. The van der Waals surface area contributed by atoms with Crippen LogP contribution < -0.4 is 5.32 Å². The molecule has 0 aliphatic heterocycles. The minimum Gasteiger partial charge on any atom is -0.460 e. The lowest BCUT2D eigenvalue weighted by Gasteiger charge is -2.07. The van der Waals surface area contributed by atoms with Gasteiger partial charge < -0.3 is 19.8 Å². The van der Waals surface area contributed by atoms with Crippen LogP contribution in [-0.4, -0.2) is 42.1 Å². The Bertz CT molecular complexity index is 887. The number of benzene rings is 1. The number of methoxy groups -OCH3 is 1. The molecule has 9 nitrogen and oxygen atoms in total. The van der Waals surface area contributed by atoms with Crippen molar-refractivity contribution in [2.75, 3.05) is 25.6 Å². The van der Waals surface area contributed by atoms with E-state index >= 15 is 0 Å². The number of nitro benzene ring substituents is 1. The standard InChI is InChI=1S/C18H21N3O6/c1-10-5-6-13(9-14(10)21(24)25)20-17(22)16-11(2)15(12(3)19-16)18(23)27-8-7-26-4/h5-6,9,19H,7-8H2,1-4H3,(H,20,22). The summed E-state index contributed by atoms with van der Waals surface area (Å²) in [5.74, 6) is -1.06. The topological polar surface area (TPSA) is 124 Å². The van der Waals surface area contributed by atoms with Gasteiger partial charge in [0.2, 0.25) is 0 Å². The van der Waals surface area contributed by atoms with Crippen LogP contribution in [0.25, 0.3) is 0 Å². The number of rotatable bonds is 7. The molecule has 0 unspecified atom stereocenters. The second-order valence-corrected chi connectivity index (χ2v) is 5.97. The third-order valence-electron chi connectivity index (χ3n) is 4.05. The van der Waals surface area contributed by atoms with Gasteiger partial charge in [0, 0.05) is 30.1 Å². The highest BCUT2D eigenvalue weighted by Gasteiger charge is 2.23. The van der Waals surface area contributed by atoms with Gasteiger partial charge in [-0.2, -0.15) is 0 Å². The van der Waals surface area contributed by atoms with E-state index in [1.165, 1.54) is 13.2 Å². The second kappa shape index (κ2) is 8.45. The van der Waals surface area contributed by atoms with Gasteiger partial charge in [-0.25, -0.2) is 4.79 Å². The minimum atomic E-state index is -0.552. The molecule has 0 saturated heterocycles. The summed E-state index contributed by atoms with van der Waals surface area (Å²) < 4.78 is 9.94. The van der Waals surface area contributed by atoms with E-state index in [9.17, 15) is 19.7 Å². The van der Waals surface area contributed by atoms with Gasteiger partial charge in [-0.1, -0.05) is 6.07 Å². The maximum atomic E-state index is 12.6. The molecule has 9 heteroatoms. The van der Waals surface area contributed by atoms with Gasteiger partial charge in [0.05, 0.1) is 17.1 Å². The van der Waals surface area contributed by atoms with E-state index in [1.54, 1.807) is 32.9 Å². The molecule has 2 N–H and O–H groups in total. The van der Waals surface area contributed by atoms with Gasteiger partial charge in [0.15, 0.2) is 0 Å². The highest BCUT2D eigenvalue weighted by Crippen LogP contribution is 2.24. The van der Waals surface area contributed by atoms with Crippen LogP contribution in [0.3, 0.4) is 0 Å². The Morgan fingerprint density at radius 1 is 1.22 bits per heavy atom. The number of ether oxygens (including phenoxy) is 2. The summed E-state index contributed by atoms with van der Waals surface area (Å²) in [4.78, 5) is 38.2. The molecule has 1 aromatic carbocycles. The number of nitrogens with one attached hydrogen (secondary N) is 2. The molecule has 2 rings (SSSR count). The molecular formula is C18H21N3O6. The van der Waals surface area contributed by atoms with Crippen LogP contribution in [0.15, 0.2) is 18.2 Å². The second-order valence-electron chi connectivity index (χ2n) is 5.97. The van der Waals surface area contributed by atoms with E-state index in [2.05, 4.69) is 10.3 Å². The summed E-state index contributed by atoms with van der Waals surface area (Å²) in [7, 11) is 1.50. The van der Waals surface area contributed by atoms with Gasteiger partial charge in [0.25, 0.3) is 11.6 Å². The third kappa shape index (κ3) is 4.50. The molecule has 1 heterocycles. The monoisotopic (exact) mass is 375 g/mol. The summed E-state index contributed by atoms with van der Waals surface area (Å²) in [5.41, 5.74) is 2.10. The fraction of sp³-hybridized carbons (Fsp3) is 0.333. The molecule has 0 aliphatic carbocycles. The van der Waals surface area contributed by atoms with Crippen molar-refractivity contribution in [2.45, 2.75) is 20.8 Å². The predicted octanol–water partition coefficient (Wildman–Crippen LogP) is 2.90. The highest BCUT2D eigenvalue weighted by atomic mass is 16.6. The molecule has 27 heavy (non-hydrogen) atoms. The number of aryl methyl sites for hydroxylation is 2. The lowest BCUT2D eigenvalue weighted by atomic mass is 10.1. The van der Waals surface area contributed by atoms with Crippen molar-refractivity contribution < 1.29 is 24.0 Å². The molecule has 0 spiro atoms. The molecule has 144 valence electrons. The zero-order chi connectivity index (χ0) is 20.1. The number of amides is 1. The Morgan fingerprint density at radius 2 is 1.93 bits per heavy atom. The molecule has 0 saturated carbocycles. The number of nitrogens with zero attached hydrogens (tertiary/aromatic N) is 1. The number of carbonyl (C=O) groups is 2. The molecule has 0 radical (unpaired) electrons. The van der Waals surface area contributed by atoms with Crippen LogP contribution in [0, 0.1) is 30.9 Å². The average Bonchev–Trinajstić information content (AvgIpc) is 2.91. The van der Waals surface area contributed by atoms with Gasteiger partial charge in [-0.15, -0.1) is 0 Å². The first-order valence-corrected chi connectivity index (χ1v) is 8.17. The van der Waals surface area contributed by atoms with Crippen LogP contribution in [0.2, 0.25) is 0 Å². The molecule has 0 atom stereocenters. The number of hydrogen-bond donors (Lipinski definition) is 2. The van der Waals surface area contributed by atoms with Crippen molar-refractivity contribution in [3.05, 3.63) is 56.4 Å². The van der Waals surface area contributed by atoms with Crippen molar-refractivity contribution in [2.24, 2.45) is 0 Å². The Kier molecular flexibility index (Phi) is 6.30. The predicted molar refractivity (Wildman–Crippen MR) is 98.2 cm³/mol. The smallest absolute Gasteiger partial charge is 0.340 e. The number of H-pyrrole nitrogens is 1. The fourth-order valence-corrected chi connectivity index (χ4v) is 2.65. The number of aromatic nitrogens is 1. The van der Waals surface area contributed by atoms with E-state index < -0.39 is 16.8 Å². The Hall–Kier alpha value is -3.20. The first kappa shape index (κ1) is 20.1. The van der Waals surface area contributed by atoms with E-state index in [4.69, 9.17) is 9.47 Å². The molecule has 1 aromatic heterocycles. The quantitative estimate of drug-likeness (QED) is 0.332. The Labute approximate surface area is 155 Å². The van der Waals surface area contributed by atoms with E-state index in [0.717, 1.165) is 0 Å². The summed E-state index contributed by atoms with van der Waals surface area (Å²) in [6.45, 7) is 5.28. The number of hydrogen-bond acceptors (Lipinski definition) is 6. The molecule has 0 aliphatic rings. The van der Waals surface area contributed by atoms with Crippen LogP contribution in [-0.2, 0) is 9.47 Å². The molecule has 0 bridgehead atoms. The molecule has 0 fully saturated rings. The van der Waals surface area contributed by atoms with Crippen molar-refractivity contribution in [1.29, 1.82) is 0 Å². The van der Waals surface area contributed by atoms with E-state index in [-0.39, 0.29) is 35.8 Å². The molecule has 2 aromatic rings. The normalized spacial score (nSPS) is 10.5. The van der Waals surface area contributed by atoms with Gasteiger partial charge in [-0.3, -0.25) is 14.9 Å². The fourth-order valence-electron chi connectivity index (χ4n) is 2.65. The van der Waals surface area contributed by atoms with Gasteiger partial charge in [-0.05, 0) is 32.4 Å². The first-order chi connectivity index (χ1) is 12.8.